The van der Waals surface area contributed by atoms with E-state index in [0.717, 1.165) is 42.8 Å². The third-order valence-corrected chi connectivity index (χ3v) is 3.68. The van der Waals surface area contributed by atoms with Gasteiger partial charge in [0.05, 0.1) is 0 Å². The summed E-state index contributed by atoms with van der Waals surface area (Å²) in [7, 11) is 4.22. The normalized spacial score (nSPS) is 11.4. The smallest absolute Gasteiger partial charge is 0.0371 e. The average Bonchev–Trinajstić information content (AvgIpc) is 2.30. The van der Waals surface area contributed by atoms with Gasteiger partial charge in [-0.25, -0.2) is 0 Å². The molecule has 3 nitrogen and oxygen atoms in total. The maximum atomic E-state index is 6.05. The van der Waals surface area contributed by atoms with Crippen molar-refractivity contribution in [1.29, 1.82) is 0 Å². The molecular weight excluding hydrogens is 290 g/mol. The van der Waals surface area contributed by atoms with Crippen molar-refractivity contribution in [3.05, 3.63) is 28.2 Å². The minimum absolute atomic E-state index is 0.871. The number of nitrogens with two attached hydrogens (primary N) is 1. The number of likely N-dealkylation sites (N-methyl/N-ethyl adjacent to an activating group) is 1. The van der Waals surface area contributed by atoms with Crippen LogP contribution in [0.1, 0.15) is 18.9 Å². The molecule has 0 spiro atoms. The molecule has 18 heavy (non-hydrogen) atoms. The fourth-order valence-electron chi connectivity index (χ4n) is 1.89. The van der Waals surface area contributed by atoms with Gasteiger partial charge in [0.1, 0.15) is 0 Å². The first-order chi connectivity index (χ1) is 8.54. The van der Waals surface area contributed by atoms with Gasteiger partial charge in [0.15, 0.2) is 0 Å². The van der Waals surface area contributed by atoms with Crippen LogP contribution in [-0.2, 0) is 6.54 Å². The van der Waals surface area contributed by atoms with Crippen LogP contribution >= 0.6 is 15.9 Å². The summed E-state index contributed by atoms with van der Waals surface area (Å²) in [4.78, 5) is 4.67. The lowest BCUT2D eigenvalue weighted by Crippen LogP contribution is -2.32. The maximum Gasteiger partial charge on any atom is 0.0371 e. The summed E-state index contributed by atoms with van der Waals surface area (Å²) in [5.41, 5.74) is 8.12. The molecule has 0 amide bonds. The van der Waals surface area contributed by atoms with Gasteiger partial charge in [-0.2, -0.15) is 0 Å². The van der Waals surface area contributed by atoms with E-state index >= 15 is 0 Å². The van der Waals surface area contributed by atoms with Crippen LogP contribution in [0, 0.1) is 0 Å². The zero-order valence-electron chi connectivity index (χ0n) is 11.6. The SMILES string of the molecule is CCCN(CCN(C)C)Cc1c(N)cccc1Br. The van der Waals surface area contributed by atoms with Crippen LogP contribution in [0.5, 0.6) is 0 Å². The van der Waals surface area contributed by atoms with Crippen LogP contribution in [0.4, 0.5) is 5.69 Å². The summed E-state index contributed by atoms with van der Waals surface area (Å²) >= 11 is 3.59. The number of benzene rings is 1. The summed E-state index contributed by atoms with van der Waals surface area (Å²) in [6.07, 6.45) is 1.16. The Morgan fingerprint density at radius 1 is 1.17 bits per heavy atom. The maximum absolute atomic E-state index is 6.05. The predicted molar refractivity (Wildman–Crippen MR) is 82.7 cm³/mol. The zero-order chi connectivity index (χ0) is 13.5. The molecule has 1 rings (SSSR count). The van der Waals surface area contributed by atoms with E-state index in [1.165, 1.54) is 5.56 Å². The van der Waals surface area contributed by atoms with Gasteiger partial charge in [-0.05, 0) is 39.2 Å². The van der Waals surface area contributed by atoms with Crippen LogP contribution in [0.25, 0.3) is 0 Å². The van der Waals surface area contributed by atoms with Gasteiger partial charge in [-0.1, -0.05) is 28.9 Å². The Bertz CT molecular complexity index is 346. The lowest BCUT2D eigenvalue weighted by Gasteiger charge is -2.24. The second-order valence-corrected chi connectivity index (χ2v) is 5.74. The number of anilines is 1. The number of hydrogen-bond acceptors (Lipinski definition) is 3. The third-order valence-electron chi connectivity index (χ3n) is 2.94. The quantitative estimate of drug-likeness (QED) is 0.786. The molecule has 1 aromatic carbocycles. The summed E-state index contributed by atoms with van der Waals surface area (Å²) in [5.74, 6) is 0. The van der Waals surface area contributed by atoms with E-state index < -0.39 is 0 Å². The summed E-state index contributed by atoms with van der Waals surface area (Å²) in [5, 5.41) is 0. The molecule has 0 atom stereocenters. The molecule has 2 N–H and O–H groups in total. The molecule has 4 heteroatoms. The van der Waals surface area contributed by atoms with Crippen molar-refractivity contribution >= 4 is 21.6 Å². The van der Waals surface area contributed by atoms with E-state index in [9.17, 15) is 0 Å². The third kappa shape index (κ3) is 4.96. The van der Waals surface area contributed by atoms with Crippen molar-refractivity contribution in [2.75, 3.05) is 39.5 Å². The first-order valence-electron chi connectivity index (χ1n) is 6.44. The molecule has 0 aliphatic rings. The molecule has 0 saturated heterocycles. The van der Waals surface area contributed by atoms with Crippen LogP contribution in [0.3, 0.4) is 0 Å². The van der Waals surface area contributed by atoms with Crippen molar-refractivity contribution in [2.24, 2.45) is 0 Å². The Kier molecular flexibility index (Phi) is 6.68. The Morgan fingerprint density at radius 2 is 1.89 bits per heavy atom. The first-order valence-corrected chi connectivity index (χ1v) is 7.23. The van der Waals surface area contributed by atoms with Gasteiger partial charge in [-0.15, -0.1) is 0 Å². The highest BCUT2D eigenvalue weighted by atomic mass is 79.9. The average molecular weight is 314 g/mol. The number of nitrogen functional groups attached to an aromatic ring is 1. The highest BCUT2D eigenvalue weighted by Crippen LogP contribution is 2.24. The second kappa shape index (κ2) is 7.77. The van der Waals surface area contributed by atoms with Crippen molar-refractivity contribution in [3.8, 4) is 0 Å². The van der Waals surface area contributed by atoms with E-state index in [1.54, 1.807) is 0 Å². The van der Waals surface area contributed by atoms with Gasteiger partial charge in [0.2, 0.25) is 0 Å². The Labute approximate surface area is 119 Å². The summed E-state index contributed by atoms with van der Waals surface area (Å²) < 4.78 is 1.11. The molecule has 0 bridgehead atoms. The summed E-state index contributed by atoms with van der Waals surface area (Å²) in [6.45, 7) is 6.38. The van der Waals surface area contributed by atoms with E-state index in [2.05, 4.69) is 52.8 Å². The topological polar surface area (TPSA) is 32.5 Å². The van der Waals surface area contributed by atoms with Crippen molar-refractivity contribution in [1.82, 2.24) is 9.80 Å². The number of rotatable bonds is 7. The number of halogens is 1. The van der Waals surface area contributed by atoms with Crippen molar-refractivity contribution in [3.63, 3.8) is 0 Å². The van der Waals surface area contributed by atoms with Gasteiger partial charge in [0.25, 0.3) is 0 Å². The van der Waals surface area contributed by atoms with E-state index in [0.29, 0.717) is 0 Å². The van der Waals surface area contributed by atoms with E-state index in [4.69, 9.17) is 5.73 Å². The zero-order valence-corrected chi connectivity index (χ0v) is 13.2. The highest BCUT2D eigenvalue weighted by molar-refractivity contribution is 9.10. The van der Waals surface area contributed by atoms with Gasteiger partial charge in [0, 0.05) is 35.4 Å². The van der Waals surface area contributed by atoms with Crippen LogP contribution in [0.15, 0.2) is 22.7 Å². The molecular formula is C14H24BrN3. The molecule has 1 aromatic rings. The minimum Gasteiger partial charge on any atom is -0.398 e. The van der Waals surface area contributed by atoms with Crippen molar-refractivity contribution < 1.29 is 0 Å². The Morgan fingerprint density at radius 3 is 2.44 bits per heavy atom. The molecule has 0 heterocycles. The molecule has 0 aliphatic carbocycles. The minimum atomic E-state index is 0.871. The molecule has 0 radical (unpaired) electrons. The van der Waals surface area contributed by atoms with Gasteiger partial charge in [-0.3, -0.25) is 4.90 Å². The summed E-state index contributed by atoms with van der Waals surface area (Å²) in [6, 6.07) is 6.00. The predicted octanol–water partition coefficient (Wildman–Crippen LogP) is 2.80. The highest BCUT2D eigenvalue weighted by Gasteiger charge is 2.10. The fraction of sp³-hybridized carbons (Fsp3) is 0.571. The van der Waals surface area contributed by atoms with Crippen LogP contribution in [0.2, 0.25) is 0 Å². The lowest BCUT2D eigenvalue weighted by molar-refractivity contribution is 0.234. The van der Waals surface area contributed by atoms with E-state index in [1.807, 2.05) is 12.1 Å². The molecule has 0 unspecified atom stereocenters. The molecule has 0 saturated carbocycles. The fourth-order valence-corrected chi connectivity index (χ4v) is 2.40. The second-order valence-electron chi connectivity index (χ2n) is 4.89. The first kappa shape index (κ1) is 15.5. The van der Waals surface area contributed by atoms with Crippen LogP contribution in [-0.4, -0.2) is 43.5 Å². The Hall–Kier alpha value is -0.580. The van der Waals surface area contributed by atoms with Gasteiger partial charge < -0.3 is 10.6 Å². The largest absolute Gasteiger partial charge is 0.398 e. The number of nitrogens with zero attached hydrogens (tertiary/aromatic N) is 2. The molecule has 0 aliphatic heterocycles. The lowest BCUT2D eigenvalue weighted by atomic mass is 10.1. The van der Waals surface area contributed by atoms with Crippen molar-refractivity contribution in [2.45, 2.75) is 19.9 Å². The Balaban J connectivity index is 2.70. The molecule has 102 valence electrons. The standard InChI is InChI=1S/C14H24BrN3/c1-4-8-18(10-9-17(2)3)11-12-13(15)6-5-7-14(12)16/h5-7H,4,8-11,16H2,1-3H3. The number of hydrogen-bond donors (Lipinski definition) is 1. The molecule has 0 aromatic heterocycles. The van der Waals surface area contributed by atoms with E-state index in [-0.39, 0.29) is 0 Å². The monoisotopic (exact) mass is 313 g/mol. The van der Waals surface area contributed by atoms with Gasteiger partial charge >= 0.3 is 0 Å². The van der Waals surface area contributed by atoms with Crippen LogP contribution < -0.4 is 5.73 Å². The molecule has 0 fully saturated rings.